The van der Waals surface area contributed by atoms with Crippen LogP contribution in [0.5, 0.6) is 11.5 Å². The van der Waals surface area contributed by atoms with Crippen LogP contribution in [0.1, 0.15) is 24.0 Å². The van der Waals surface area contributed by atoms with Crippen LogP contribution in [0.4, 0.5) is 0 Å². The van der Waals surface area contributed by atoms with Crippen LogP contribution in [0.15, 0.2) is 17.1 Å². The molecule has 1 heterocycles. The molecule has 0 fully saturated rings. The van der Waals surface area contributed by atoms with Gasteiger partial charge in [0.1, 0.15) is 0 Å². The summed E-state index contributed by atoms with van der Waals surface area (Å²) in [6, 6.07) is 4.17. The number of rotatable bonds is 0. The quantitative estimate of drug-likeness (QED) is 0.647. The summed E-state index contributed by atoms with van der Waals surface area (Å²) < 4.78 is 10.8. The summed E-state index contributed by atoms with van der Waals surface area (Å²) in [4.78, 5) is 4.33. The van der Waals surface area contributed by atoms with E-state index in [4.69, 9.17) is 9.47 Å². The molecule has 1 aromatic rings. The molecule has 0 saturated heterocycles. The Kier molecular flexibility index (Phi) is 1.91. The lowest BCUT2D eigenvalue weighted by Gasteiger charge is -2.17. The molecular formula is C12H13NO2. The standard InChI is InChI=1S/C12H13NO2/c1-13-10-4-2-3-8-5-11-12(6-9(8)10)15-7-14-11/h5-6H,2-4,7H2,1H3. The van der Waals surface area contributed by atoms with Crippen LogP contribution in [-0.4, -0.2) is 19.6 Å². The topological polar surface area (TPSA) is 30.8 Å². The van der Waals surface area contributed by atoms with Gasteiger partial charge in [-0.25, -0.2) is 0 Å². The number of benzene rings is 1. The van der Waals surface area contributed by atoms with E-state index < -0.39 is 0 Å². The van der Waals surface area contributed by atoms with Crippen molar-refractivity contribution in [2.75, 3.05) is 13.8 Å². The zero-order chi connectivity index (χ0) is 10.3. The Morgan fingerprint density at radius 2 is 1.93 bits per heavy atom. The Morgan fingerprint density at radius 3 is 2.73 bits per heavy atom. The maximum absolute atomic E-state index is 5.38. The van der Waals surface area contributed by atoms with E-state index in [0.717, 1.165) is 24.3 Å². The van der Waals surface area contributed by atoms with Gasteiger partial charge in [0.05, 0.1) is 0 Å². The zero-order valence-electron chi connectivity index (χ0n) is 8.75. The fraction of sp³-hybridized carbons (Fsp3) is 0.417. The van der Waals surface area contributed by atoms with Crippen molar-refractivity contribution in [2.45, 2.75) is 19.3 Å². The average Bonchev–Trinajstić information content (AvgIpc) is 2.72. The molecule has 3 heteroatoms. The Morgan fingerprint density at radius 1 is 1.13 bits per heavy atom. The molecule has 0 saturated carbocycles. The van der Waals surface area contributed by atoms with Crippen LogP contribution < -0.4 is 9.47 Å². The largest absolute Gasteiger partial charge is 0.454 e. The molecule has 0 atom stereocenters. The van der Waals surface area contributed by atoms with Gasteiger partial charge in [-0.1, -0.05) is 0 Å². The number of hydrogen-bond acceptors (Lipinski definition) is 3. The van der Waals surface area contributed by atoms with Crippen LogP contribution >= 0.6 is 0 Å². The second-order valence-corrected chi connectivity index (χ2v) is 3.89. The summed E-state index contributed by atoms with van der Waals surface area (Å²) >= 11 is 0. The van der Waals surface area contributed by atoms with E-state index >= 15 is 0 Å². The lowest BCUT2D eigenvalue weighted by atomic mass is 9.89. The number of ether oxygens (including phenoxy) is 2. The van der Waals surface area contributed by atoms with Gasteiger partial charge in [0.25, 0.3) is 0 Å². The molecule has 0 aromatic heterocycles. The second kappa shape index (κ2) is 3.26. The summed E-state index contributed by atoms with van der Waals surface area (Å²) in [6.45, 7) is 0.344. The highest BCUT2D eigenvalue weighted by atomic mass is 16.7. The highest BCUT2D eigenvalue weighted by Crippen LogP contribution is 2.37. The molecule has 0 radical (unpaired) electrons. The van der Waals surface area contributed by atoms with Crippen molar-refractivity contribution in [3.63, 3.8) is 0 Å². The van der Waals surface area contributed by atoms with Gasteiger partial charge >= 0.3 is 0 Å². The molecule has 0 N–H and O–H groups in total. The molecule has 1 aliphatic carbocycles. The van der Waals surface area contributed by atoms with Crippen molar-refractivity contribution in [2.24, 2.45) is 4.99 Å². The van der Waals surface area contributed by atoms with Crippen LogP contribution in [0.3, 0.4) is 0 Å². The molecular weight excluding hydrogens is 190 g/mol. The number of fused-ring (bicyclic) bond motifs is 2. The Balaban J connectivity index is 2.16. The van der Waals surface area contributed by atoms with Crippen LogP contribution in [0, 0.1) is 0 Å². The van der Waals surface area contributed by atoms with Gasteiger partial charge in [-0.15, -0.1) is 0 Å². The van der Waals surface area contributed by atoms with E-state index in [1.807, 2.05) is 7.05 Å². The van der Waals surface area contributed by atoms with Crippen molar-refractivity contribution in [3.8, 4) is 11.5 Å². The van der Waals surface area contributed by atoms with Crippen molar-refractivity contribution < 1.29 is 9.47 Å². The molecule has 0 spiro atoms. The summed E-state index contributed by atoms with van der Waals surface area (Å²) in [5, 5.41) is 0. The van der Waals surface area contributed by atoms with Gasteiger partial charge in [-0.2, -0.15) is 0 Å². The fourth-order valence-corrected chi connectivity index (χ4v) is 2.27. The SMILES string of the molecule is CN=C1CCCc2cc3c(cc21)OCO3. The molecule has 0 unspecified atom stereocenters. The normalized spacial score (nSPS) is 20.5. The molecule has 2 aliphatic rings. The smallest absolute Gasteiger partial charge is 0.231 e. The van der Waals surface area contributed by atoms with Gasteiger partial charge in [-0.3, -0.25) is 4.99 Å². The first-order valence-corrected chi connectivity index (χ1v) is 5.27. The Bertz CT molecular complexity index is 437. The molecule has 3 nitrogen and oxygen atoms in total. The molecule has 0 bridgehead atoms. The van der Waals surface area contributed by atoms with Crippen LogP contribution in [-0.2, 0) is 6.42 Å². The molecule has 1 aromatic carbocycles. The average molecular weight is 203 g/mol. The van der Waals surface area contributed by atoms with Gasteiger partial charge < -0.3 is 9.47 Å². The predicted octanol–water partition coefficient (Wildman–Crippen LogP) is 2.17. The lowest BCUT2D eigenvalue weighted by Crippen LogP contribution is -2.11. The minimum Gasteiger partial charge on any atom is -0.454 e. The summed E-state index contributed by atoms with van der Waals surface area (Å²) in [5.74, 6) is 1.74. The third-order valence-electron chi connectivity index (χ3n) is 3.04. The first-order valence-electron chi connectivity index (χ1n) is 5.27. The van der Waals surface area contributed by atoms with Crippen LogP contribution in [0.25, 0.3) is 0 Å². The van der Waals surface area contributed by atoms with Gasteiger partial charge in [0.15, 0.2) is 11.5 Å². The van der Waals surface area contributed by atoms with E-state index in [9.17, 15) is 0 Å². The minimum atomic E-state index is 0.344. The van der Waals surface area contributed by atoms with E-state index in [1.54, 1.807) is 0 Å². The maximum Gasteiger partial charge on any atom is 0.231 e. The first kappa shape index (κ1) is 8.77. The molecule has 0 amide bonds. The first-order chi connectivity index (χ1) is 7.38. The van der Waals surface area contributed by atoms with E-state index in [-0.39, 0.29) is 0 Å². The summed E-state index contributed by atoms with van der Waals surface area (Å²) in [6.07, 6.45) is 3.37. The predicted molar refractivity (Wildman–Crippen MR) is 58.0 cm³/mol. The zero-order valence-corrected chi connectivity index (χ0v) is 8.75. The highest BCUT2D eigenvalue weighted by Gasteiger charge is 2.21. The molecule has 1 aliphatic heterocycles. The van der Waals surface area contributed by atoms with Crippen molar-refractivity contribution >= 4 is 5.71 Å². The third-order valence-corrected chi connectivity index (χ3v) is 3.04. The monoisotopic (exact) mass is 203 g/mol. The van der Waals surface area contributed by atoms with E-state index in [0.29, 0.717) is 6.79 Å². The van der Waals surface area contributed by atoms with Crippen molar-refractivity contribution in [1.82, 2.24) is 0 Å². The number of nitrogens with zero attached hydrogens (tertiary/aromatic N) is 1. The summed E-state index contributed by atoms with van der Waals surface area (Å²) in [7, 11) is 1.86. The fourth-order valence-electron chi connectivity index (χ4n) is 2.27. The molecule has 3 rings (SSSR count). The van der Waals surface area contributed by atoms with Crippen LogP contribution in [0.2, 0.25) is 0 Å². The highest BCUT2D eigenvalue weighted by molar-refractivity contribution is 6.03. The number of hydrogen-bond donors (Lipinski definition) is 0. The van der Waals surface area contributed by atoms with E-state index in [1.165, 1.54) is 23.3 Å². The van der Waals surface area contributed by atoms with Gasteiger partial charge in [-0.05, 0) is 37.0 Å². The van der Waals surface area contributed by atoms with Crippen molar-refractivity contribution in [1.29, 1.82) is 0 Å². The molecule has 15 heavy (non-hydrogen) atoms. The third kappa shape index (κ3) is 1.30. The van der Waals surface area contributed by atoms with E-state index in [2.05, 4.69) is 17.1 Å². The number of aryl methyl sites for hydroxylation is 1. The Hall–Kier alpha value is -1.51. The number of aliphatic imine (C=N–C) groups is 1. The molecule has 78 valence electrons. The summed E-state index contributed by atoms with van der Waals surface area (Å²) in [5.41, 5.74) is 3.77. The lowest BCUT2D eigenvalue weighted by molar-refractivity contribution is 0.174. The van der Waals surface area contributed by atoms with Crippen molar-refractivity contribution in [3.05, 3.63) is 23.3 Å². The second-order valence-electron chi connectivity index (χ2n) is 3.89. The minimum absolute atomic E-state index is 0.344. The maximum atomic E-state index is 5.38. The van der Waals surface area contributed by atoms with Gasteiger partial charge in [0, 0.05) is 18.3 Å². The Labute approximate surface area is 88.7 Å². The van der Waals surface area contributed by atoms with Gasteiger partial charge in [0.2, 0.25) is 6.79 Å².